The average Bonchev–Trinajstić information content (AvgIpc) is 2.37. The molecule has 1 aromatic rings. The summed E-state index contributed by atoms with van der Waals surface area (Å²) < 4.78 is 35.1. The van der Waals surface area contributed by atoms with Crippen molar-refractivity contribution in [1.82, 2.24) is 4.90 Å². The molecular formula is C12H13F2NO4. The number of benzene rings is 1. The van der Waals surface area contributed by atoms with Crippen molar-refractivity contribution in [2.45, 2.75) is 0 Å². The molecule has 1 amide bonds. The quantitative estimate of drug-likeness (QED) is 0.750. The van der Waals surface area contributed by atoms with E-state index >= 15 is 0 Å². The van der Waals surface area contributed by atoms with E-state index in [-0.39, 0.29) is 12.3 Å². The maximum atomic E-state index is 13.2. The van der Waals surface area contributed by atoms with E-state index in [4.69, 9.17) is 4.74 Å². The van der Waals surface area contributed by atoms with Gasteiger partial charge in [-0.25, -0.2) is 8.78 Å². The Kier molecular flexibility index (Phi) is 5.23. The van der Waals surface area contributed by atoms with Gasteiger partial charge in [0.2, 0.25) is 0 Å². The van der Waals surface area contributed by atoms with Crippen LogP contribution in [-0.2, 0) is 14.3 Å². The average molecular weight is 273 g/mol. The van der Waals surface area contributed by atoms with Crippen LogP contribution in [0.4, 0.5) is 8.78 Å². The number of amides is 1. The Bertz CT molecular complexity index is 479. The summed E-state index contributed by atoms with van der Waals surface area (Å²) in [5.41, 5.74) is 0. The molecule has 0 radical (unpaired) electrons. The summed E-state index contributed by atoms with van der Waals surface area (Å²) in [4.78, 5) is 23.6. The van der Waals surface area contributed by atoms with Crippen LogP contribution in [0.5, 0.6) is 5.75 Å². The second-order valence-corrected chi connectivity index (χ2v) is 3.69. The summed E-state index contributed by atoms with van der Waals surface area (Å²) in [5, 5.41) is 0. The second-order valence-electron chi connectivity index (χ2n) is 3.69. The van der Waals surface area contributed by atoms with Crippen molar-refractivity contribution in [3.05, 3.63) is 29.8 Å². The summed E-state index contributed by atoms with van der Waals surface area (Å²) in [6.07, 6.45) is 0. The highest BCUT2D eigenvalue weighted by molar-refractivity contribution is 5.82. The number of rotatable bonds is 5. The molecule has 0 saturated heterocycles. The van der Waals surface area contributed by atoms with Crippen LogP contribution in [-0.4, -0.2) is 44.1 Å². The lowest BCUT2D eigenvalue weighted by Gasteiger charge is -2.16. The molecule has 0 heterocycles. The Morgan fingerprint density at radius 2 is 2.00 bits per heavy atom. The van der Waals surface area contributed by atoms with Crippen LogP contribution < -0.4 is 4.74 Å². The fraction of sp³-hybridized carbons (Fsp3) is 0.333. The number of esters is 1. The van der Waals surface area contributed by atoms with Gasteiger partial charge in [0.1, 0.15) is 12.4 Å². The fourth-order valence-corrected chi connectivity index (χ4v) is 1.19. The minimum atomic E-state index is -0.900. The molecule has 0 N–H and O–H groups in total. The van der Waals surface area contributed by atoms with E-state index in [1.807, 2.05) is 0 Å². The first-order valence-electron chi connectivity index (χ1n) is 5.32. The molecule has 19 heavy (non-hydrogen) atoms. The molecule has 0 spiro atoms. The van der Waals surface area contributed by atoms with Crippen molar-refractivity contribution in [3.63, 3.8) is 0 Å². The molecule has 7 heteroatoms. The van der Waals surface area contributed by atoms with E-state index in [2.05, 4.69) is 4.74 Å². The first kappa shape index (κ1) is 14.9. The lowest BCUT2D eigenvalue weighted by Crippen LogP contribution is -2.36. The maximum absolute atomic E-state index is 13.2. The third-order valence-electron chi connectivity index (χ3n) is 2.26. The zero-order chi connectivity index (χ0) is 14.4. The SMILES string of the molecule is COC(=O)CN(C)C(=O)COc1ccc(F)cc1F. The van der Waals surface area contributed by atoms with Gasteiger partial charge in [-0.3, -0.25) is 9.59 Å². The van der Waals surface area contributed by atoms with Crippen molar-refractivity contribution < 1.29 is 27.8 Å². The van der Waals surface area contributed by atoms with E-state index in [1.54, 1.807) is 0 Å². The van der Waals surface area contributed by atoms with Gasteiger partial charge < -0.3 is 14.4 Å². The predicted molar refractivity (Wildman–Crippen MR) is 61.5 cm³/mol. The van der Waals surface area contributed by atoms with Gasteiger partial charge in [-0.15, -0.1) is 0 Å². The minimum absolute atomic E-state index is 0.232. The minimum Gasteiger partial charge on any atom is -0.481 e. The molecule has 1 aromatic carbocycles. The Morgan fingerprint density at radius 1 is 1.32 bits per heavy atom. The normalized spacial score (nSPS) is 9.89. The summed E-state index contributed by atoms with van der Waals surface area (Å²) in [7, 11) is 2.58. The Labute approximate surface area is 108 Å². The van der Waals surface area contributed by atoms with Crippen LogP contribution in [0.3, 0.4) is 0 Å². The number of methoxy groups -OCH3 is 1. The molecule has 0 aliphatic carbocycles. The molecule has 0 aliphatic rings. The Morgan fingerprint density at radius 3 is 2.58 bits per heavy atom. The van der Waals surface area contributed by atoms with Crippen molar-refractivity contribution >= 4 is 11.9 Å². The molecule has 1 rings (SSSR count). The number of hydrogen-bond donors (Lipinski definition) is 0. The second kappa shape index (κ2) is 6.67. The van der Waals surface area contributed by atoms with Crippen LogP contribution in [0.25, 0.3) is 0 Å². The molecule has 0 atom stereocenters. The van der Waals surface area contributed by atoms with Gasteiger partial charge in [-0.05, 0) is 12.1 Å². The van der Waals surface area contributed by atoms with E-state index < -0.39 is 30.1 Å². The zero-order valence-electron chi connectivity index (χ0n) is 10.5. The molecule has 0 unspecified atom stereocenters. The third kappa shape index (κ3) is 4.53. The van der Waals surface area contributed by atoms with Gasteiger partial charge in [0, 0.05) is 13.1 Å². The first-order valence-corrected chi connectivity index (χ1v) is 5.32. The molecule has 0 saturated carbocycles. The van der Waals surface area contributed by atoms with Crippen molar-refractivity contribution in [2.75, 3.05) is 27.3 Å². The van der Waals surface area contributed by atoms with Crippen LogP contribution >= 0.6 is 0 Å². The predicted octanol–water partition coefficient (Wildman–Crippen LogP) is 0.975. The van der Waals surface area contributed by atoms with Crippen molar-refractivity contribution in [1.29, 1.82) is 0 Å². The van der Waals surface area contributed by atoms with Gasteiger partial charge in [-0.1, -0.05) is 0 Å². The molecule has 104 valence electrons. The monoisotopic (exact) mass is 273 g/mol. The van der Waals surface area contributed by atoms with E-state index in [9.17, 15) is 18.4 Å². The van der Waals surface area contributed by atoms with Gasteiger partial charge in [0.05, 0.1) is 7.11 Å². The molecule has 0 fully saturated rings. The van der Waals surface area contributed by atoms with Gasteiger partial charge in [0.15, 0.2) is 18.2 Å². The number of halogens is 2. The summed E-state index contributed by atoms with van der Waals surface area (Å²) >= 11 is 0. The lowest BCUT2D eigenvalue weighted by atomic mass is 10.3. The number of carbonyl (C=O) groups excluding carboxylic acids is 2. The molecule has 0 bridgehead atoms. The van der Waals surface area contributed by atoms with Crippen LogP contribution in [0.1, 0.15) is 0 Å². The van der Waals surface area contributed by atoms with Crippen molar-refractivity contribution in [3.8, 4) is 5.75 Å². The zero-order valence-corrected chi connectivity index (χ0v) is 10.5. The smallest absolute Gasteiger partial charge is 0.325 e. The summed E-state index contributed by atoms with van der Waals surface area (Å²) in [6.45, 7) is -0.694. The Hall–Kier alpha value is -2.18. The topological polar surface area (TPSA) is 55.8 Å². The van der Waals surface area contributed by atoms with Gasteiger partial charge in [-0.2, -0.15) is 0 Å². The number of hydrogen-bond acceptors (Lipinski definition) is 4. The standard InChI is InChI=1S/C12H13F2NO4/c1-15(6-12(17)18-2)11(16)7-19-10-4-3-8(13)5-9(10)14/h3-5H,6-7H2,1-2H3. The largest absolute Gasteiger partial charge is 0.481 e. The molecule has 5 nitrogen and oxygen atoms in total. The molecular weight excluding hydrogens is 260 g/mol. The lowest BCUT2D eigenvalue weighted by molar-refractivity contribution is -0.146. The van der Waals surface area contributed by atoms with Gasteiger partial charge >= 0.3 is 5.97 Å². The van der Waals surface area contributed by atoms with Crippen LogP contribution in [0.15, 0.2) is 18.2 Å². The highest BCUT2D eigenvalue weighted by Crippen LogP contribution is 2.17. The van der Waals surface area contributed by atoms with Crippen molar-refractivity contribution in [2.24, 2.45) is 0 Å². The number of ether oxygens (including phenoxy) is 2. The first-order chi connectivity index (χ1) is 8.93. The van der Waals surface area contributed by atoms with Crippen LogP contribution in [0, 0.1) is 11.6 Å². The maximum Gasteiger partial charge on any atom is 0.325 e. The van der Waals surface area contributed by atoms with E-state index in [1.165, 1.54) is 14.2 Å². The van der Waals surface area contributed by atoms with E-state index in [0.29, 0.717) is 6.07 Å². The Balaban J connectivity index is 2.52. The molecule has 0 aliphatic heterocycles. The van der Waals surface area contributed by atoms with E-state index in [0.717, 1.165) is 17.0 Å². The highest BCUT2D eigenvalue weighted by atomic mass is 19.1. The number of nitrogens with zero attached hydrogens (tertiary/aromatic N) is 1. The summed E-state index contributed by atoms with van der Waals surface area (Å²) in [5.74, 6) is -2.98. The number of carbonyl (C=O) groups is 2. The fourth-order valence-electron chi connectivity index (χ4n) is 1.19. The third-order valence-corrected chi connectivity index (χ3v) is 2.26. The molecule has 0 aromatic heterocycles. The number of likely N-dealkylation sites (N-methyl/N-ethyl adjacent to an activating group) is 1. The van der Waals surface area contributed by atoms with Crippen LogP contribution in [0.2, 0.25) is 0 Å². The van der Waals surface area contributed by atoms with Gasteiger partial charge in [0.25, 0.3) is 5.91 Å². The summed E-state index contributed by atoms with van der Waals surface area (Å²) in [6, 6.07) is 2.75. The highest BCUT2D eigenvalue weighted by Gasteiger charge is 2.14.